The Kier molecular flexibility index (Phi) is 4.99. The summed E-state index contributed by atoms with van der Waals surface area (Å²) in [5.74, 6) is 0. The van der Waals surface area contributed by atoms with Crippen molar-refractivity contribution in [2.24, 2.45) is 0 Å². The van der Waals surface area contributed by atoms with Gasteiger partial charge in [-0.25, -0.2) is 0 Å². The number of aryl methyl sites for hydroxylation is 1. The SMILES string of the molecule is Cc1ccc(N(CCCO)C(C)C)c(C#N)c1. The second-order valence-electron chi connectivity index (χ2n) is 4.50. The highest BCUT2D eigenvalue weighted by Crippen LogP contribution is 2.23. The molecule has 17 heavy (non-hydrogen) atoms. The van der Waals surface area contributed by atoms with Crippen LogP contribution in [0.2, 0.25) is 0 Å². The van der Waals surface area contributed by atoms with Gasteiger partial charge in [-0.1, -0.05) is 6.07 Å². The van der Waals surface area contributed by atoms with Crippen LogP contribution in [0.1, 0.15) is 31.4 Å². The highest BCUT2D eigenvalue weighted by Gasteiger charge is 2.14. The second kappa shape index (κ2) is 6.27. The summed E-state index contributed by atoms with van der Waals surface area (Å²) in [6.45, 7) is 7.12. The van der Waals surface area contributed by atoms with Gasteiger partial charge in [-0.05, 0) is 44.9 Å². The first-order valence-corrected chi connectivity index (χ1v) is 5.98. The molecular weight excluding hydrogens is 212 g/mol. The summed E-state index contributed by atoms with van der Waals surface area (Å²) in [4.78, 5) is 2.16. The van der Waals surface area contributed by atoms with Gasteiger partial charge in [0.25, 0.3) is 0 Å². The molecular formula is C14H20N2O. The van der Waals surface area contributed by atoms with Gasteiger partial charge in [-0.15, -0.1) is 0 Å². The Hall–Kier alpha value is -1.53. The quantitative estimate of drug-likeness (QED) is 0.848. The van der Waals surface area contributed by atoms with Crippen LogP contribution in [0, 0.1) is 18.3 Å². The van der Waals surface area contributed by atoms with E-state index in [2.05, 4.69) is 24.8 Å². The Morgan fingerprint density at radius 1 is 1.41 bits per heavy atom. The van der Waals surface area contributed by atoms with Gasteiger partial charge in [0.2, 0.25) is 0 Å². The Morgan fingerprint density at radius 2 is 2.12 bits per heavy atom. The normalized spacial score (nSPS) is 10.4. The monoisotopic (exact) mass is 232 g/mol. The lowest BCUT2D eigenvalue weighted by Crippen LogP contribution is -2.32. The summed E-state index contributed by atoms with van der Waals surface area (Å²) in [6, 6.07) is 8.48. The maximum atomic E-state index is 9.17. The molecule has 0 bridgehead atoms. The van der Waals surface area contributed by atoms with Crippen molar-refractivity contribution in [2.45, 2.75) is 33.2 Å². The molecule has 0 fully saturated rings. The molecule has 0 amide bonds. The zero-order chi connectivity index (χ0) is 12.8. The van der Waals surface area contributed by atoms with Crippen molar-refractivity contribution >= 4 is 5.69 Å². The van der Waals surface area contributed by atoms with E-state index in [9.17, 15) is 5.26 Å². The van der Waals surface area contributed by atoms with Crippen molar-refractivity contribution in [3.05, 3.63) is 29.3 Å². The lowest BCUT2D eigenvalue weighted by atomic mass is 10.1. The van der Waals surface area contributed by atoms with Crippen molar-refractivity contribution in [1.82, 2.24) is 0 Å². The molecule has 1 aromatic rings. The Balaban J connectivity index is 3.05. The van der Waals surface area contributed by atoms with Crippen LogP contribution in [-0.2, 0) is 0 Å². The fraction of sp³-hybridized carbons (Fsp3) is 0.500. The van der Waals surface area contributed by atoms with Crippen LogP contribution in [-0.4, -0.2) is 24.3 Å². The zero-order valence-electron chi connectivity index (χ0n) is 10.8. The number of hydrogen-bond donors (Lipinski definition) is 1. The first-order valence-electron chi connectivity index (χ1n) is 5.98. The van der Waals surface area contributed by atoms with Gasteiger partial charge in [0, 0.05) is 19.2 Å². The summed E-state index contributed by atoms with van der Waals surface area (Å²) in [7, 11) is 0. The van der Waals surface area contributed by atoms with Gasteiger partial charge in [-0.2, -0.15) is 5.26 Å². The summed E-state index contributed by atoms with van der Waals surface area (Å²) < 4.78 is 0. The second-order valence-corrected chi connectivity index (χ2v) is 4.50. The van der Waals surface area contributed by atoms with Crippen molar-refractivity contribution in [2.75, 3.05) is 18.1 Å². The van der Waals surface area contributed by atoms with Crippen molar-refractivity contribution in [3.63, 3.8) is 0 Å². The van der Waals surface area contributed by atoms with Crippen LogP contribution in [0.15, 0.2) is 18.2 Å². The number of aliphatic hydroxyl groups is 1. The summed E-state index contributed by atoms with van der Waals surface area (Å²) in [5.41, 5.74) is 2.76. The third-order valence-corrected chi connectivity index (χ3v) is 2.76. The Morgan fingerprint density at radius 3 is 2.65 bits per heavy atom. The van der Waals surface area contributed by atoms with E-state index >= 15 is 0 Å². The average Bonchev–Trinajstić information content (AvgIpc) is 2.30. The van der Waals surface area contributed by atoms with Gasteiger partial charge < -0.3 is 10.0 Å². The molecule has 3 heteroatoms. The highest BCUT2D eigenvalue weighted by atomic mass is 16.3. The number of benzene rings is 1. The fourth-order valence-electron chi connectivity index (χ4n) is 1.89. The first-order chi connectivity index (χ1) is 8.10. The molecule has 0 aliphatic carbocycles. The number of hydrogen-bond acceptors (Lipinski definition) is 3. The lowest BCUT2D eigenvalue weighted by molar-refractivity contribution is 0.288. The summed E-state index contributed by atoms with van der Waals surface area (Å²) in [6.07, 6.45) is 0.719. The smallest absolute Gasteiger partial charge is 0.101 e. The molecule has 0 radical (unpaired) electrons. The number of aliphatic hydroxyl groups excluding tert-OH is 1. The molecule has 0 spiro atoms. The lowest BCUT2D eigenvalue weighted by Gasteiger charge is -2.29. The van der Waals surface area contributed by atoms with Crippen LogP contribution in [0.25, 0.3) is 0 Å². The molecule has 1 aromatic carbocycles. The molecule has 1 rings (SSSR count). The van der Waals surface area contributed by atoms with Crippen LogP contribution in [0.5, 0.6) is 0 Å². The average molecular weight is 232 g/mol. The molecule has 1 N–H and O–H groups in total. The summed E-state index contributed by atoms with van der Waals surface area (Å²) >= 11 is 0. The molecule has 0 heterocycles. The third kappa shape index (κ3) is 3.47. The van der Waals surface area contributed by atoms with E-state index in [4.69, 9.17) is 5.11 Å². The predicted octanol–water partition coefficient (Wildman–Crippen LogP) is 2.46. The highest BCUT2D eigenvalue weighted by molar-refractivity contribution is 5.60. The van der Waals surface area contributed by atoms with Crippen LogP contribution in [0.3, 0.4) is 0 Å². The van der Waals surface area contributed by atoms with Gasteiger partial charge in [0.15, 0.2) is 0 Å². The predicted molar refractivity (Wildman–Crippen MR) is 70.1 cm³/mol. The molecule has 92 valence electrons. The van der Waals surface area contributed by atoms with Crippen molar-refractivity contribution < 1.29 is 5.11 Å². The first kappa shape index (κ1) is 13.5. The maximum absolute atomic E-state index is 9.17. The van der Waals surface area contributed by atoms with E-state index < -0.39 is 0 Å². The minimum Gasteiger partial charge on any atom is -0.396 e. The third-order valence-electron chi connectivity index (χ3n) is 2.76. The molecule has 0 aliphatic rings. The molecule has 0 unspecified atom stereocenters. The van der Waals surface area contributed by atoms with Crippen molar-refractivity contribution in [1.29, 1.82) is 5.26 Å². The standard InChI is InChI=1S/C14H20N2O/c1-11(2)16(7-4-8-17)14-6-5-12(3)9-13(14)10-15/h5-6,9,11,17H,4,7-8H2,1-3H3. The molecule has 3 nitrogen and oxygen atoms in total. The maximum Gasteiger partial charge on any atom is 0.101 e. The largest absolute Gasteiger partial charge is 0.396 e. The molecule has 0 saturated carbocycles. The van der Waals surface area contributed by atoms with Crippen LogP contribution in [0.4, 0.5) is 5.69 Å². The minimum absolute atomic E-state index is 0.178. The van der Waals surface area contributed by atoms with E-state index in [1.54, 1.807) is 0 Å². The van der Waals surface area contributed by atoms with E-state index in [0.29, 0.717) is 11.6 Å². The number of rotatable bonds is 5. The molecule has 0 saturated heterocycles. The topological polar surface area (TPSA) is 47.3 Å². The fourth-order valence-corrected chi connectivity index (χ4v) is 1.89. The molecule has 0 aromatic heterocycles. The minimum atomic E-state index is 0.178. The van der Waals surface area contributed by atoms with E-state index in [0.717, 1.165) is 24.2 Å². The van der Waals surface area contributed by atoms with Gasteiger partial charge in [0.1, 0.15) is 6.07 Å². The number of anilines is 1. The summed E-state index contributed by atoms with van der Waals surface area (Å²) in [5, 5.41) is 18.1. The van der Waals surface area contributed by atoms with Crippen molar-refractivity contribution in [3.8, 4) is 6.07 Å². The molecule has 0 atom stereocenters. The van der Waals surface area contributed by atoms with E-state index in [-0.39, 0.29) is 6.61 Å². The van der Waals surface area contributed by atoms with Gasteiger partial charge in [-0.3, -0.25) is 0 Å². The van der Waals surface area contributed by atoms with Gasteiger partial charge >= 0.3 is 0 Å². The number of nitriles is 1. The molecule has 0 aliphatic heterocycles. The van der Waals surface area contributed by atoms with Crippen LogP contribution < -0.4 is 4.90 Å². The Bertz CT molecular complexity index is 407. The van der Waals surface area contributed by atoms with Crippen LogP contribution >= 0.6 is 0 Å². The van der Waals surface area contributed by atoms with E-state index in [1.165, 1.54) is 0 Å². The van der Waals surface area contributed by atoms with Gasteiger partial charge in [0.05, 0.1) is 11.3 Å². The zero-order valence-corrected chi connectivity index (χ0v) is 10.8. The number of nitrogens with zero attached hydrogens (tertiary/aromatic N) is 2. The van der Waals surface area contributed by atoms with E-state index in [1.807, 2.05) is 25.1 Å². The Labute approximate surface area is 103 Å².